The summed E-state index contributed by atoms with van der Waals surface area (Å²) < 4.78 is 5.90. The van der Waals surface area contributed by atoms with Gasteiger partial charge in [-0.05, 0) is 60.9 Å². The van der Waals surface area contributed by atoms with E-state index in [1.807, 2.05) is 44.2 Å². The molecule has 0 radical (unpaired) electrons. The van der Waals surface area contributed by atoms with E-state index < -0.39 is 5.97 Å². The first-order valence-corrected chi connectivity index (χ1v) is 6.79. The van der Waals surface area contributed by atoms with E-state index in [1.165, 1.54) is 6.08 Å². The van der Waals surface area contributed by atoms with E-state index in [1.54, 1.807) is 6.07 Å². The number of carbonyl (C=O) groups is 1. The first-order valence-electron chi connectivity index (χ1n) is 6.41. The Bertz CT molecular complexity index is 705. The van der Waals surface area contributed by atoms with Crippen LogP contribution in [0.2, 0.25) is 5.02 Å². The van der Waals surface area contributed by atoms with E-state index >= 15 is 0 Å². The SMILES string of the molecule is Cc1cc(Cl)ccc1Oc1cc(/C=C/C(=O)O)ccc1C. The Kier molecular flexibility index (Phi) is 4.66. The molecule has 0 spiro atoms. The summed E-state index contributed by atoms with van der Waals surface area (Å²) in [5.74, 6) is 0.432. The zero-order valence-electron chi connectivity index (χ0n) is 11.8. The van der Waals surface area contributed by atoms with Crippen LogP contribution in [-0.4, -0.2) is 11.1 Å². The molecule has 0 fully saturated rings. The van der Waals surface area contributed by atoms with Gasteiger partial charge in [0.05, 0.1) is 0 Å². The molecule has 1 N–H and O–H groups in total. The maximum absolute atomic E-state index is 10.6. The summed E-state index contributed by atoms with van der Waals surface area (Å²) in [6, 6.07) is 11.0. The van der Waals surface area contributed by atoms with Crippen molar-refractivity contribution < 1.29 is 14.6 Å². The maximum atomic E-state index is 10.6. The monoisotopic (exact) mass is 302 g/mol. The van der Waals surface area contributed by atoms with E-state index in [0.717, 1.165) is 28.5 Å². The average Bonchev–Trinajstić information content (AvgIpc) is 2.42. The lowest BCUT2D eigenvalue weighted by atomic mass is 10.1. The third kappa shape index (κ3) is 4.10. The molecule has 0 atom stereocenters. The predicted octanol–water partition coefficient (Wildman–Crippen LogP) is 4.85. The number of aryl methyl sites for hydroxylation is 2. The molecular formula is C17H15ClO3. The summed E-state index contributed by atoms with van der Waals surface area (Å²) in [5.41, 5.74) is 2.68. The second-order valence-corrected chi connectivity index (χ2v) is 5.14. The summed E-state index contributed by atoms with van der Waals surface area (Å²) in [5, 5.41) is 9.33. The molecule has 0 saturated heterocycles. The minimum absolute atomic E-state index is 0.662. The predicted molar refractivity (Wildman–Crippen MR) is 84.1 cm³/mol. The van der Waals surface area contributed by atoms with Crippen LogP contribution in [0.25, 0.3) is 6.08 Å². The summed E-state index contributed by atoms with van der Waals surface area (Å²) in [6.07, 6.45) is 2.63. The Hall–Kier alpha value is -2.26. The van der Waals surface area contributed by atoms with E-state index in [-0.39, 0.29) is 0 Å². The Morgan fingerprint density at radius 1 is 1.10 bits per heavy atom. The van der Waals surface area contributed by atoms with Gasteiger partial charge < -0.3 is 9.84 Å². The fraction of sp³-hybridized carbons (Fsp3) is 0.118. The van der Waals surface area contributed by atoms with Crippen molar-refractivity contribution in [2.45, 2.75) is 13.8 Å². The second-order valence-electron chi connectivity index (χ2n) is 4.71. The summed E-state index contributed by atoms with van der Waals surface area (Å²) >= 11 is 5.93. The zero-order valence-corrected chi connectivity index (χ0v) is 12.5. The molecule has 2 aromatic rings. The smallest absolute Gasteiger partial charge is 0.328 e. The summed E-state index contributed by atoms with van der Waals surface area (Å²) in [4.78, 5) is 10.6. The van der Waals surface area contributed by atoms with Crippen molar-refractivity contribution in [1.29, 1.82) is 0 Å². The fourth-order valence-corrected chi connectivity index (χ4v) is 2.07. The van der Waals surface area contributed by atoms with Gasteiger partial charge in [-0.1, -0.05) is 23.7 Å². The molecule has 0 aliphatic carbocycles. The van der Waals surface area contributed by atoms with E-state index in [4.69, 9.17) is 21.4 Å². The number of hydrogen-bond acceptors (Lipinski definition) is 2. The number of benzene rings is 2. The molecule has 108 valence electrons. The molecule has 0 bridgehead atoms. The minimum Gasteiger partial charge on any atom is -0.478 e. The van der Waals surface area contributed by atoms with Gasteiger partial charge in [0.15, 0.2) is 0 Å². The fourth-order valence-electron chi connectivity index (χ4n) is 1.84. The number of aliphatic carboxylic acids is 1. The molecule has 0 heterocycles. The van der Waals surface area contributed by atoms with Gasteiger partial charge in [0.2, 0.25) is 0 Å². The largest absolute Gasteiger partial charge is 0.478 e. The molecule has 2 aromatic carbocycles. The van der Waals surface area contributed by atoms with Crippen molar-refractivity contribution in [2.75, 3.05) is 0 Å². The number of carboxylic acids is 1. The highest BCUT2D eigenvalue weighted by atomic mass is 35.5. The molecule has 0 amide bonds. The number of hydrogen-bond donors (Lipinski definition) is 1. The molecule has 0 aliphatic rings. The van der Waals surface area contributed by atoms with Gasteiger partial charge in [0.1, 0.15) is 11.5 Å². The number of ether oxygens (including phenoxy) is 1. The van der Waals surface area contributed by atoms with Gasteiger partial charge in [-0.3, -0.25) is 0 Å². The number of carboxylic acid groups (broad SMARTS) is 1. The topological polar surface area (TPSA) is 46.5 Å². The third-order valence-electron chi connectivity index (χ3n) is 2.99. The number of halogens is 1. The van der Waals surface area contributed by atoms with Crippen LogP contribution >= 0.6 is 11.6 Å². The van der Waals surface area contributed by atoms with Crippen LogP contribution in [0.4, 0.5) is 0 Å². The lowest BCUT2D eigenvalue weighted by Gasteiger charge is -2.12. The van der Waals surface area contributed by atoms with Crippen molar-refractivity contribution in [3.05, 3.63) is 64.2 Å². The van der Waals surface area contributed by atoms with Gasteiger partial charge in [-0.15, -0.1) is 0 Å². The van der Waals surface area contributed by atoms with Crippen LogP contribution in [0.15, 0.2) is 42.5 Å². The highest BCUT2D eigenvalue weighted by Crippen LogP contribution is 2.30. The van der Waals surface area contributed by atoms with Crippen LogP contribution in [0.1, 0.15) is 16.7 Å². The Balaban J connectivity index is 2.30. The Labute approximate surface area is 128 Å². The molecule has 0 aliphatic heterocycles. The van der Waals surface area contributed by atoms with Gasteiger partial charge in [-0.2, -0.15) is 0 Å². The normalized spacial score (nSPS) is 10.8. The minimum atomic E-state index is -0.980. The van der Waals surface area contributed by atoms with Crippen molar-refractivity contribution in [3.8, 4) is 11.5 Å². The highest BCUT2D eigenvalue weighted by Gasteiger charge is 2.05. The van der Waals surface area contributed by atoms with Gasteiger partial charge in [-0.25, -0.2) is 4.79 Å². The molecule has 21 heavy (non-hydrogen) atoms. The first-order chi connectivity index (χ1) is 9.95. The van der Waals surface area contributed by atoms with Crippen molar-refractivity contribution >= 4 is 23.6 Å². The molecular weight excluding hydrogens is 288 g/mol. The van der Waals surface area contributed by atoms with E-state index in [0.29, 0.717) is 10.8 Å². The van der Waals surface area contributed by atoms with Crippen LogP contribution in [0.3, 0.4) is 0 Å². The second kappa shape index (κ2) is 6.46. The van der Waals surface area contributed by atoms with Crippen molar-refractivity contribution in [2.24, 2.45) is 0 Å². The van der Waals surface area contributed by atoms with Crippen molar-refractivity contribution in [3.63, 3.8) is 0 Å². The maximum Gasteiger partial charge on any atom is 0.328 e. The van der Waals surface area contributed by atoms with E-state index in [9.17, 15) is 4.79 Å². The highest BCUT2D eigenvalue weighted by molar-refractivity contribution is 6.30. The lowest BCUT2D eigenvalue weighted by Crippen LogP contribution is -1.91. The summed E-state index contributed by atoms with van der Waals surface area (Å²) in [7, 11) is 0. The van der Waals surface area contributed by atoms with E-state index in [2.05, 4.69) is 0 Å². The Morgan fingerprint density at radius 3 is 2.52 bits per heavy atom. The van der Waals surface area contributed by atoms with Crippen LogP contribution in [-0.2, 0) is 4.79 Å². The van der Waals surface area contributed by atoms with Crippen LogP contribution in [0.5, 0.6) is 11.5 Å². The zero-order chi connectivity index (χ0) is 15.4. The third-order valence-corrected chi connectivity index (χ3v) is 3.22. The van der Waals surface area contributed by atoms with Crippen LogP contribution < -0.4 is 4.74 Å². The molecule has 2 rings (SSSR count). The molecule has 0 saturated carbocycles. The van der Waals surface area contributed by atoms with Gasteiger partial charge in [0.25, 0.3) is 0 Å². The van der Waals surface area contributed by atoms with Crippen molar-refractivity contribution in [1.82, 2.24) is 0 Å². The molecule has 4 heteroatoms. The molecule has 0 unspecified atom stereocenters. The lowest BCUT2D eigenvalue weighted by molar-refractivity contribution is -0.131. The van der Waals surface area contributed by atoms with Gasteiger partial charge >= 0.3 is 5.97 Å². The molecule has 0 aromatic heterocycles. The number of rotatable bonds is 4. The standard InChI is InChI=1S/C17H15ClO3/c1-11-3-4-13(5-8-17(19)20)10-16(11)21-15-7-6-14(18)9-12(15)2/h3-10H,1-2H3,(H,19,20)/b8-5+. The molecule has 3 nitrogen and oxygen atoms in total. The summed E-state index contributed by atoms with van der Waals surface area (Å²) in [6.45, 7) is 3.86. The van der Waals surface area contributed by atoms with Crippen LogP contribution in [0, 0.1) is 13.8 Å². The first kappa shape index (κ1) is 15.1. The van der Waals surface area contributed by atoms with Gasteiger partial charge in [0, 0.05) is 11.1 Å². The quantitative estimate of drug-likeness (QED) is 0.821. The Morgan fingerprint density at radius 2 is 1.86 bits per heavy atom. The average molecular weight is 303 g/mol.